The molecule has 4 bridgehead atoms. The van der Waals surface area contributed by atoms with Crippen molar-refractivity contribution < 1.29 is 4.79 Å². The lowest BCUT2D eigenvalue weighted by Gasteiger charge is -2.38. The van der Waals surface area contributed by atoms with Crippen molar-refractivity contribution in [2.75, 3.05) is 6.54 Å². The van der Waals surface area contributed by atoms with Gasteiger partial charge in [-0.3, -0.25) is 14.8 Å². The Kier molecular flexibility index (Phi) is 3.78. The monoisotopic (exact) mass is 354 g/mol. The van der Waals surface area contributed by atoms with Gasteiger partial charge in [0.2, 0.25) is 5.91 Å². The molecule has 1 aromatic heterocycles. The Balaban J connectivity index is 1.39. The van der Waals surface area contributed by atoms with Crippen molar-refractivity contribution in [3.63, 3.8) is 0 Å². The molecule has 1 aliphatic heterocycles. The van der Waals surface area contributed by atoms with Gasteiger partial charge < -0.3 is 4.90 Å². The van der Waals surface area contributed by atoms with Gasteiger partial charge in [0.15, 0.2) is 0 Å². The Morgan fingerprint density at radius 2 is 2.15 bits per heavy atom. The lowest BCUT2D eigenvalue weighted by Crippen LogP contribution is -2.59. The number of carbonyl (C=O) groups excluding carboxylic acids is 1. The summed E-state index contributed by atoms with van der Waals surface area (Å²) in [6.07, 6.45) is 11.3. The van der Waals surface area contributed by atoms with Crippen molar-refractivity contribution in [3.8, 4) is 6.07 Å². The molecular weight excluding hydrogens is 328 g/mol. The summed E-state index contributed by atoms with van der Waals surface area (Å²) in [6, 6.07) is 1.69. The van der Waals surface area contributed by atoms with Crippen molar-refractivity contribution in [1.82, 2.24) is 25.0 Å². The van der Waals surface area contributed by atoms with E-state index in [1.165, 1.54) is 38.4 Å². The Morgan fingerprint density at radius 3 is 2.85 bits per heavy atom. The summed E-state index contributed by atoms with van der Waals surface area (Å²) in [5.74, 6) is 2.44. The molecular formula is C19H26N6O. The fraction of sp³-hybridized carbons (Fsp3) is 0.789. The molecule has 4 aliphatic carbocycles. The Labute approximate surface area is 153 Å². The zero-order chi connectivity index (χ0) is 17.7. The van der Waals surface area contributed by atoms with Gasteiger partial charge in [0.1, 0.15) is 24.7 Å². The van der Waals surface area contributed by atoms with Crippen LogP contribution in [0, 0.1) is 29.1 Å². The molecule has 5 fully saturated rings. The Morgan fingerprint density at radius 1 is 1.35 bits per heavy atom. The average Bonchev–Trinajstić information content (AvgIpc) is 3.38. The molecule has 5 aliphatic rings. The number of hydrogen-bond donors (Lipinski definition) is 1. The predicted octanol–water partition coefficient (Wildman–Crippen LogP) is 1.33. The molecule has 3 unspecified atom stereocenters. The minimum atomic E-state index is -0.330. The first-order valence-electron chi connectivity index (χ1n) is 9.97. The highest BCUT2D eigenvalue weighted by Crippen LogP contribution is 2.60. The van der Waals surface area contributed by atoms with Crippen molar-refractivity contribution in [1.29, 1.82) is 5.26 Å². The van der Waals surface area contributed by atoms with Gasteiger partial charge >= 0.3 is 0 Å². The van der Waals surface area contributed by atoms with Gasteiger partial charge in [0.05, 0.1) is 12.6 Å². The van der Waals surface area contributed by atoms with E-state index >= 15 is 0 Å². The van der Waals surface area contributed by atoms with Gasteiger partial charge in [-0.1, -0.05) is 0 Å². The van der Waals surface area contributed by atoms with Crippen molar-refractivity contribution in [3.05, 3.63) is 12.7 Å². The van der Waals surface area contributed by atoms with Crippen LogP contribution >= 0.6 is 0 Å². The molecule has 26 heavy (non-hydrogen) atoms. The zero-order valence-corrected chi connectivity index (χ0v) is 15.0. The van der Waals surface area contributed by atoms with Gasteiger partial charge in [-0.2, -0.15) is 10.4 Å². The second kappa shape index (κ2) is 6.05. The summed E-state index contributed by atoms with van der Waals surface area (Å²) >= 11 is 0. The molecule has 138 valence electrons. The molecule has 4 atom stereocenters. The first-order chi connectivity index (χ1) is 12.7. The van der Waals surface area contributed by atoms with E-state index in [2.05, 4.69) is 21.5 Å². The molecule has 0 spiro atoms. The average molecular weight is 354 g/mol. The molecule has 4 saturated carbocycles. The maximum absolute atomic E-state index is 13.4. The third-order valence-electron chi connectivity index (χ3n) is 7.27. The number of rotatable bonds is 5. The first-order valence-corrected chi connectivity index (χ1v) is 9.97. The molecule has 1 aromatic rings. The van der Waals surface area contributed by atoms with Crippen LogP contribution in [0.4, 0.5) is 0 Å². The van der Waals surface area contributed by atoms with Crippen LogP contribution in [0.25, 0.3) is 0 Å². The molecule has 1 amide bonds. The van der Waals surface area contributed by atoms with E-state index < -0.39 is 0 Å². The van der Waals surface area contributed by atoms with Gasteiger partial charge in [0, 0.05) is 12.1 Å². The topological polar surface area (TPSA) is 86.8 Å². The number of likely N-dealkylation sites (tertiary alicyclic amines) is 1. The minimum absolute atomic E-state index is 0.0603. The van der Waals surface area contributed by atoms with Crippen LogP contribution in [0.2, 0.25) is 0 Å². The van der Waals surface area contributed by atoms with E-state index in [0.717, 1.165) is 24.7 Å². The highest BCUT2D eigenvalue weighted by atomic mass is 16.2. The van der Waals surface area contributed by atoms with Crippen molar-refractivity contribution in [2.45, 2.75) is 69.1 Å². The molecule has 7 nitrogen and oxygen atoms in total. The van der Waals surface area contributed by atoms with Crippen LogP contribution in [-0.2, 0) is 11.3 Å². The molecule has 7 heteroatoms. The Bertz CT molecular complexity index is 711. The van der Waals surface area contributed by atoms with E-state index in [4.69, 9.17) is 0 Å². The minimum Gasteiger partial charge on any atom is -0.325 e. The maximum Gasteiger partial charge on any atom is 0.242 e. The van der Waals surface area contributed by atoms with Gasteiger partial charge in [0.25, 0.3) is 0 Å². The van der Waals surface area contributed by atoms with E-state index in [1.54, 1.807) is 15.9 Å². The quantitative estimate of drug-likeness (QED) is 0.862. The highest BCUT2D eigenvalue weighted by molar-refractivity contribution is 5.83. The zero-order valence-electron chi connectivity index (χ0n) is 15.0. The second-order valence-electron chi connectivity index (χ2n) is 8.83. The third kappa shape index (κ3) is 2.54. The van der Waals surface area contributed by atoms with Crippen LogP contribution < -0.4 is 5.32 Å². The standard InChI is InChI=1S/C19H26N6O/c20-9-16-2-1-3-25(16)18(26)17(10-24-12-21-11-22-24)23-19-7-13-4-14(8-19)6-15(19)5-13/h11-17,23H,1-8,10H2/t13?,14?,15?,16?,17-,19?/m0/s1. The first kappa shape index (κ1) is 16.2. The molecule has 2 heterocycles. The van der Waals surface area contributed by atoms with Crippen molar-refractivity contribution in [2.24, 2.45) is 17.8 Å². The smallest absolute Gasteiger partial charge is 0.242 e. The fourth-order valence-electron chi connectivity index (χ4n) is 6.44. The summed E-state index contributed by atoms with van der Waals surface area (Å²) in [4.78, 5) is 19.2. The van der Waals surface area contributed by atoms with E-state index in [-0.39, 0.29) is 23.5 Å². The van der Waals surface area contributed by atoms with Crippen LogP contribution in [0.15, 0.2) is 12.7 Å². The van der Waals surface area contributed by atoms with Crippen LogP contribution in [0.5, 0.6) is 0 Å². The molecule has 1 saturated heterocycles. The number of carbonyl (C=O) groups is 1. The van der Waals surface area contributed by atoms with E-state index in [0.29, 0.717) is 19.0 Å². The number of nitriles is 1. The molecule has 0 aromatic carbocycles. The number of nitrogens with zero attached hydrogens (tertiary/aromatic N) is 5. The number of hydrogen-bond acceptors (Lipinski definition) is 5. The summed E-state index contributed by atoms with van der Waals surface area (Å²) in [5, 5.41) is 17.4. The normalized spacial score (nSPS) is 38.7. The van der Waals surface area contributed by atoms with Crippen LogP contribution in [-0.4, -0.2) is 49.7 Å². The summed E-state index contributed by atoms with van der Waals surface area (Å²) in [6.45, 7) is 1.17. The number of nitrogens with one attached hydrogen (secondary N) is 1. The van der Waals surface area contributed by atoms with E-state index in [1.807, 2.05) is 0 Å². The van der Waals surface area contributed by atoms with Gasteiger partial charge in [-0.05, 0) is 62.7 Å². The predicted molar refractivity (Wildman–Crippen MR) is 93.6 cm³/mol. The number of aromatic nitrogens is 3. The Hall–Kier alpha value is -1.94. The van der Waals surface area contributed by atoms with Gasteiger partial charge in [-0.15, -0.1) is 0 Å². The highest BCUT2D eigenvalue weighted by Gasteiger charge is 2.58. The summed E-state index contributed by atoms with van der Waals surface area (Å²) < 4.78 is 1.74. The fourth-order valence-corrected chi connectivity index (χ4v) is 6.44. The summed E-state index contributed by atoms with van der Waals surface area (Å²) in [7, 11) is 0. The van der Waals surface area contributed by atoms with Crippen molar-refractivity contribution >= 4 is 5.91 Å². The van der Waals surface area contributed by atoms with Gasteiger partial charge in [-0.25, -0.2) is 4.98 Å². The molecule has 0 radical (unpaired) electrons. The maximum atomic E-state index is 13.4. The summed E-state index contributed by atoms with van der Waals surface area (Å²) in [5.41, 5.74) is 0.121. The lowest BCUT2D eigenvalue weighted by atomic mass is 9.80. The molecule has 6 rings (SSSR count). The third-order valence-corrected chi connectivity index (χ3v) is 7.27. The van der Waals surface area contributed by atoms with Crippen LogP contribution in [0.1, 0.15) is 44.9 Å². The second-order valence-corrected chi connectivity index (χ2v) is 8.83. The van der Waals surface area contributed by atoms with Crippen LogP contribution in [0.3, 0.4) is 0 Å². The molecule has 1 N–H and O–H groups in total. The largest absolute Gasteiger partial charge is 0.325 e. The number of amides is 1. The lowest BCUT2D eigenvalue weighted by molar-refractivity contribution is -0.134. The SMILES string of the molecule is N#CC1CCCN1C(=O)[C@H](Cn1cncn1)NC12CC3CC(CC1C3)C2. The van der Waals surface area contributed by atoms with E-state index in [9.17, 15) is 10.1 Å².